The van der Waals surface area contributed by atoms with Crippen molar-refractivity contribution in [2.45, 2.75) is 26.2 Å². The molecule has 0 atom stereocenters. The highest BCUT2D eigenvalue weighted by Crippen LogP contribution is 2.38. The maximum Gasteiger partial charge on any atom is 0.137 e. The van der Waals surface area contributed by atoms with Crippen molar-refractivity contribution >= 4 is 33.2 Å². The lowest BCUT2D eigenvalue weighted by Crippen LogP contribution is -2.24. The van der Waals surface area contributed by atoms with Gasteiger partial charge in [-0.3, -0.25) is 4.57 Å². The molecule has 9 rings (SSSR count). The number of hydrogen-bond acceptors (Lipinski definition) is 4. The first-order valence-electron chi connectivity index (χ1n) is 18.1. The number of aromatic nitrogens is 2. The molecule has 6 aromatic carbocycles. The van der Waals surface area contributed by atoms with E-state index >= 15 is 0 Å². The molecule has 1 aliphatic rings. The monoisotopic (exact) mass is 688 g/mol. The smallest absolute Gasteiger partial charge is 0.137 e. The van der Waals surface area contributed by atoms with E-state index in [4.69, 9.17) is 9.72 Å². The summed E-state index contributed by atoms with van der Waals surface area (Å²) < 4.78 is 8.84. The summed E-state index contributed by atoms with van der Waals surface area (Å²) in [6.07, 6.45) is 6.20. The standard InChI is InChI=1S/C48H40N4O/c1-48(2,3)36-25-26-49-47(29-36)52-45-20-11-10-19-42(45)43-24-22-40(32-46(43)52)53-39-18-12-17-37(30-39)50-27-28-51(33-50)38-21-23-41(34-13-6-4-7-14-34)44(31-38)35-15-8-5-9-16-35/h4-32H,33H2,1-3H3. The van der Waals surface area contributed by atoms with E-state index in [9.17, 15) is 0 Å². The number of nitrogens with zero attached hydrogens (tertiary/aromatic N) is 4. The summed E-state index contributed by atoms with van der Waals surface area (Å²) in [7, 11) is 0. The van der Waals surface area contributed by atoms with Crippen LogP contribution in [0.5, 0.6) is 11.5 Å². The summed E-state index contributed by atoms with van der Waals surface area (Å²) in [5, 5.41) is 2.36. The molecule has 3 heterocycles. The Hall–Kier alpha value is -6.59. The Balaban J connectivity index is 0.996. The maximum absolute atomic E-state index is 6.58. The lowest BCUT2D eigenvalue weighted by atomic mass is 9.88. The lowest BCUT2D eigenvalue weighted by Gasteiger charge is -2.23. The summed E-state index contributed by atoms with van der Waals surface area (Å²) in [6.45, 7) is 7.39. The molecule has 0 fully saturated rings. The van der Waals surface area contributed by atoms with Crippen molar-refractivity contribution in [3.05, 3.63) is 182 Å². The average molecular weight is 689 g/mol. The van der Waals surface area contributed by atoms with Gasteiger partial charge in [0.15, 0.2) is 0 Å². The van der Waals surface area contributed by atoms with E-state index in [1.807, 2.05) is 12.3 Å². The summed E-state index contributed by atoms with van der Waals surface area (Å²) in [5.41, 5.74) is 10.5. The average Bonchev–Trinajstić information content (AvgIpc) is 3.82. The number of pyridine rings is 1. The Morgan fingerprint density at radius 1 is 0.528 bits per heavy atom. The van der Waals surface area contributed by atoms with Crippen molar-refractivity contribution in [3.63, 3.8) is 0 Å². The van der Waals surface area contributed by atoms with E-state index in [-0.39, 0.29) is 5.41 Å². The number of para-hydroxylation sites is 1. The van der Waals surface area contributed by atoms with Gasteiger partial charge >= 0.3 is 0 Å². The second-order valence-corrected chi connectivity index (χ2v) is 14.6. The molecular formula is C48H40N4O. The van der Waals surface area contributed by atoms with Crippen LogP contribution in [0.4, 0.5) is 11.4 Å². The van der Waals surface area contributed by atoms with Crippen molar-refractivity contribution in [2.24, 2.45) is 0 Å². The molecule has 53 heavy (non-hydrogen) atoms. The van der Waals surface area contributed by atoms with Crippen molar-refractivity contribution in [1.82, 2.24) is 9.55 Å². The SMILES string of the molecule is CC(C)(C)c1ccnc(-n2c3ccccc3c3ccc(Oc4cccc(N5C=CN(c6ccc(-c7ccccc7)c(-c7ccccc7)c6)C5)c4)cc32)c1. The largest absolute Gasteiger partial charge is 0.457 e. The molecule has 8 aromatic rings. The third-order valence-electron chi connectivity index (χ3n) is 10.1. The van der Waals surface area contributed by atoms with Gasteiger partial charge in [0.05, 0.1) is 17.7 Å². The minimum atomic E-state index is 0.00932. The van der Waals surface area contributed by atoms with Crippen LogP contribution in [0.1, 0.15) is 26.3 Å². The minimum Gasteiger partial charge on any atom is -0.457 e. The van der Waals surface area contributed by atoms with E-state index in [0.717, 1.165) is 39.7 Å². The van der Waals surface area contributed by atoms with Gasteiger partial charge in [-0.2, -0.15) is 0 Å². The zero-order valence-electron chi connectivity index (χ0n) is 30.1. The second-order valence-electron chi connectivity index (χ2n) is 14.6. The van der Waals surface area contributed by atoms with Gasteiger partial charge in [-0.15, -0.1) is 0 Å². The fourth-order valence-electron chi connectivity index (χ4n) is 7.32. The van der Waals surface area contributed by atoms with Crippen molar-refractivity contribution < 1.29 is 4.74 Å². The van der Waals surface area contributed by atoms with E-state index in [1.54, 1.807) is 0 Å². The van der Waals surface area contributed by atoms with Crippen LogP contribution in [0.3, 0.4) is 0 Å². The van der Waals surface area contributed by atoms with Gasteiger partial charge in [0.2, 0.25) is 0 Å². The summed E-state index contributed by atoms with van der Waals surface area (Å²) in [5.74, 6) is 2.46. The summed E-state index contributed by atoms with van der Waals surface area (Å²) in [6, 6.07) is 55.5. The Morgan fingerprint density at radius 3 is 1.94 bits per heavy atom. The number of rotatable bonds is 7. The van der Waals surface area contributed by atoms with Crippen LogP contribution in [0.25, 0.3) is 49.9 Å². The zero-order chi connectivity index (χ0) is 35.9. The quantitative estimate of drug-likeness (QED) is 0.167. The molecule has 258 valence electrons. The topological polar surface area (TPSA) is 33.5 Å². The molecule has 1 aliphatic heterocycles. The first-order valence-corrected chi connectivity index (χ1v) is 18.1. The van der Waals surface area contributed by atoms with Crippen molar-refractivity contribution in [2.75, 3.05) is 16.5 Å². The van der Waals surface area contributed by atoms with Crippen LogP contribution in [0.15, 0.2) is 176 Å². The Labute approximate surface area is 310 Å². The summed E-state index contributed by atoms with van der Waals surface area (Å²) in [4.78, 5) is 9.36. The van der Waals surface area contributed by atoms with Crippen LogP contribution in [0, 0.1) is 0 Å². The number of fused-ring (bicyclic) bond motifs is 3. The molecule has 0 aliphatic carbocycles. The molecule has 2 aromatic heterocycles. The Morgan fingerprint density at radius 2 is 1.19 bits per heavy atom. The normalized spacial score (nSPS) is 13.0. The highest BCUT2D eigenvalue weighted by molar-refractivity contribution is 6.09. The van der Waals surface area contributed by atoms with E-state index < -0.39 is 0 Å². The molecule has 5 nitrogen and oxygen atoms in total. The van der Waals surface area contributed by atoms with Crippen LogP contribution in [-0.2, 0) is 5.41 Å². The molecule has 0 unspecified atom stereocenters. The Bertz CT molecular complexity index is 2620. The third kappa shape index (κ3) is 6.21. The van der Waals surface area contributed by atoms with E-state index in [0.29, 0.717) is 6.67 Å². The molecule has 0 N–H and O–H groups in total. The highest BCUT2D eigenvalue weighted by atomic mass is 16.5. The van der Waals surface area contributed by atoms with Gasteiger partial charge in [0, 0.05) is 52.9 Å². The fourth-order valence-corrected chi connectivity index (χ4v) is 7.32. The van der Waals surface area contributed by atoms with Crippen molar-refractivity contribution in [3.8, 4) is 39.6 Å². The molecule has 5 heteroatoms. The van der Waals surface area contributed by atoms with Crippen LogP contribution in [-0.4, -0.2) is 16.2 Å². The number of hydrogen-bond donors (Lipinski definition) is 0. The van der Waals surface area contributed by atoms with E-state index in [2.05, 4.69) is 199 Å². The predicted molar refractivity (Wildman–Crippen MR) is 220 cm³/mol. The van der Waals surface area contributed by atoms with Gasteiger partial charge in [-0.25, -0.2) is 4.98 Å². The number of ether oxygens (including phenoxy) is 1. The van der Waals surface area contributed by atoms with Gasteiger partial charge < -0.3 is 14.5 Å². The lowest BCUT2D eigenvalue weighted by molar-refractivity contribution is 0.483. The van der Waals surface area contributed by atoms with Gasteiger partial charge in [0.1, 0.15) is 17.3 Å². The molecule has 0 bridgehead atoms. The van der Waals surface area contributed by atoms with Crippen LogP contribution in [0.2, 0.25) is 0 Å². The first kappa shape index (κ1) is 32.3. The summed E-state index contributed by atoms with van der Waals surface area (Å²) >= 11 is 0. The van der Waals surface area contributed by atoms with Gasteiger partial charge in [0.25, 0.3) is 0 Å². The minimum absolute atomic E-state index is 0.00932. The zero-order valence-corrected chi connectivity index (χ0v) is 30.1. The fraction of sp³-hybridized carbons (Fsp3) is 0.104. The molecular weight excluding hydrogens is 649 g/mol. The molecule has 0 amide bonds. The molecule has 0 spiro atoms. The van der Waals surface area contributed by atoms with Crippen LogP contribution >= 0.6 is 0 Å². The van der Waals surface area contributed by atoms with E-state index in [1.165, 1.54) is 38.6 Å². The number of benzene rings is 6. The molecule has 0 saturated carbocycles. The third-order valence-corrected chi connectivity index (χ3v) is 10.1. The highest BCUT2D eigenvalue weighted by Gasteiger charge is 2.20. The second kappa shape index (κ2) is 13.2. The maximum atomic E-state index is 6.58. The molecule has 0 saturated heterocycles. The first-order chi connectivity index (χ1) is 25.9. The molecule has 0 radical (unpaired) electrons. The van der Waals surface area contributed by atoms with Gasteiger partial charge in [-0.05, 0) is 87.8 Å². The van der Waals surface area contributed by atoms with Crippen LogP contribution < -0.4 is 14.5 Å². The van der Waals surface area contributed by atoms with Gasteiger partial charge in [-0.1, -0.05) is 112 Å². The predicted octanol–water partition coefficient (Wildman–Crippen LogP) is 12.4. The number of anilines is 2. The van der Waals surface area contributed by atoms with Crippen molar-refractivity contribution in [1.29, 1.82) is 0 Å². The Kier molecular flexibility index (Phi) is 8.04.